The maximum absolute atomic E-state index is 11.6. The molecule has 90 valence electrons. The summed E-state index contributed by atoms with van der Waals surface area (Å²) in [7, 11) is 0. The van der Waals surface area contributed by atoms with Gasteiger partial charge in [0.1, 0.15) is 0 Å². The first-order valence-electron chi connectivity index (χ1n) is 6.18. The highest BCUT2D eigenvalue weighted by molar-refractivity contribution is 5.76. The van der Waals surface area contributed by atoms with Gasteiger partial charge in [-0.2, -0.15) is 0 Å². The molecule has 1 heterocycles. The normalized spacial score (nSPS) is 22.1. The molecule has 2 N–H and O–H groups in total. The highest BCUT2D eigenvalue weighted by Crippen LogP contribution is 2.11. The van der Waals surface area contributed by atoms with Gasteiger partial charge in [-0.25, -0.2) is 0 Å². The highest BCUT2D eigenvalue weighted by atomic mass is 16.1. The Hall–Kier alpha value is -1.01. The molecule has 16 heavy (non-hydrogen) atoms. The van der Waals surface area contributed by atoms with E-state index in [-0.39, 0.29) is 11.9 Å². The zero-order valence-corrected chi connectivity index (χ0v) is 10.1. The maximum Gasteiger partial charge on any atom is 0.220 e. The van der Waals surface area contributed by atoms with Gasteiger partial charge >= 0.3 is 0 Å². The molecule has 1 aliphatic heterocycles. The Morgan fingerprint density at radius 3 is 3.06 bits per heavy atom. The molecule has 2 atom stereocenters. The number of carbonyl (C=O) groups excluding carboxylic acids is 1. The lowest BCUT2D eigenvalue weighted by molar-refractivity contribution is -0.121. The molecular weight excluding hydrogens is 200 g/mol. The number of rotatable bonds is 5. The summed E-state index contributed by atoms with van der Waals surface area (Å²) in [5.74, 6) is 2.67. The van der Waals surface area contributed by atoms with E-state index in [1.165, 1.54) is 19.3 Å². The summed E-state index contributed by atoms with van der Waals surface area (Å²) in [5.41, 5.74) is 0. The van der Waals surface area contributed by atoms with Crippen LogP contribution in [0.3, 0.4) is 0 Å². The molecule has 0 aromatic carbocycles. The molecule has 0 aliphatic carbocycles. The maximum atomic E-state index is 11.6. The van der Waals surface area contributed by atoms with Crippen molar-refractivity contribution in [1.82, 2.24) is 10.6 Å². The van der Waals surface area contributed by atoms with Crippen LogP contribution in [-0.2, 0) is 4.79 Å². The van der Waals surface area contributed by atoms with Crippen LogP contribution in [0.15, 0.2) is 0 Å². The topological polar surface area (TPSA) is 41.1 Å². The van der Waals surface area contributed by atoms with Crippen LogP contribution in [0.2, 0.25) is 0 Å². The lowest BCUT2D eigenvalue weighted by Crippen LogP contribution is -2.37. The Bertz CT molecular complexity index is 251. The first-order valence-corrected chi connectivity index (χ1v) is 6.18. The van der Waals surface area contributed by atoms with Gasteiger partial charge in [0.15, 0.2) is 0 Å². The van der Waals surface area contributed by atoms with E-state index in [0.29, 0.717) is 18.9 Å². The number of nitrogens with one attached hydrogen (secondary N) is 2. The third-order valence-electron chi connectivity index (χ3n) is 2.96. The molecule has 0 radical (unpaired) electrons. The summed E-state index contributed by atoms with van der Waals surface area (Å²) >= 11 is 0. The molecule has 1 saturated heterocycles. The fraction of sp³-hybridized carbons (Fsp3) is 0.769. The molecule has 3 heteroatoms. The lowest BCUT2D eigenvalue weighted by Gasteiger charge is -2.23. The van der Waals surface area contributed by atoms with Crippen molar-refractivity contribution in [2.45, 2.75) is 57.5 Å². The van der Waals surface area contributed by atoms with Crippen molar-refractivity contribution in [3.63, 3.8) is 0 Å². The summed E-state index contributed by atoms with van der Waals surface area (Å²) in [5, 5.41) is 6.35. The highest BCUT2D eigenvalue weighted by Gasteiger charge is 2.14. The van der Waals surface area contributed by atoms with Gasteiger partial charge in [0.25, 0.3) is 0 Å². The first-order chi connectivity index (χ1) is 7.72. The van der Waals surface area contributed by atoms with Gasteiger partial charge in [-0.15, -0.1) is 12.3 Å². The monoisotopic (exact) mass is 222 g/mol. The average molecular weight is 222 g/mol. The van der Waals surface area contributed by atoms with Gasteiger partial charge in [-0.3, -0.25) is 4.79 Å². The van der Waals surface area contributed by atoms with Crippen molar-refractivity contribution in [2.75, 3.05) is 6.54 Å². The molecule has 0 saturated carbocycles. The van der Waals surface area contributed by atoms with Crippen molar-refractivity contribution in [2.24, 2.45) is 0 Å². The van der Waals surface area contributed by atoms with Crippen LogP contribution in [0.1, 0.15) is 45.4 Å². The second-order valence-corrected chi connectivity index (χ2v) is 4.56. The molecule has 1 fully saturated rings. The molecule has 1 aliphatic rings. The summed E-state index contributed by atoms with van der Waals surface area (Å²) in [6.07, 6.45) is 11.1. The Morgan fingerprint density at radius 1 is 1.62 bits per heavy atom. The van der Waals surface area contributed by atoms with Crippen molar-refractivity contribution in [3.05, 3.63) is 0 Å². The van der Waals surface area contributed by atoms with E-state index < -0.39 is 0 Å². The average Bonchev–Trinajstić information content (AvgIpc) is 2.28. The number of carbonyl (C=O) groups is 1. The van der Waals surface area contributed by atoms with E-state index in [1.54, 1.807) is 0 Å². The predicted molar refractivity (Wildman–Crippen MR) is 65.9 cm³/mol. The smallest absolute Gasteiger partial charge is 0.220 e. The third kappa shape index (κ3) is 5.18. The zero-order chi connectivity index (χ0) is 11.8. The second kappa shape index (κ2) is 7.29. The van der Waals surface area contributed by atoms with Gasteiger partial charge < -0.3 is 10.6 Å². The second-order valence-electron chi connectivity index (χ2n) is 4.56. The van der Waals surface area contributed by atoms with Crippen molar-refractivity contribution < 1.29 is 4.79 Å². The summed E-state index contributed by atoms with van der Waals surface area (Å²) in [4.78, 5) is 11.6. The Morgan fingerprint density at radius 2 is 2.44 bits per heavy atom. The van der Waals surface area contributed by atoms with Crippen molar-refractivity contribution in [1.29, 1.82) is 0 Å². The van der Waals surface area contributed by atoms with Gasteiger partial charge in [0.2, 0.25) is 5.91 Å². The minimum Gasteiger partial charge on any atom is -0.353 e. The first kappa shape index (κ1) is 13.1. The van der Waals surface area contributed by atoms with Gasteiger partial charge in [0.05, 0.1) is 0 Å². The molecule has 0 aromatic heterocycles. The fourth-order valence-corrected chi connectivity index (χ4v) is 2.05. The number of amides is 1. The van der Waals surface area contributed by atoms with Crippen LogP contribution in [-0.4, -0.2) is 24.5 Å². The Kier molecular flexibility index (Phi) is 5.95. The summed E-state index contributed by atoms with van der Waals surface area (Å²) in [6.45, 7) is 3.04. The SMILES string of the molecule is C#CCC(C)NC(=O)CCC1CCCCN1. The van der Waals surface area contributed by atoms with E-state index in [2.05, 4.69) is 16.6 Å². The molecule has 1 rings (SSSR count). The quantitative estimate of drug-likeness (QED) is 0.691. The minimum atomic E-state index is 0.0943. The van der Waals surface area contributed by atoms with Gasteiger partial charge in [-0.05, 0) is 32.7 Å². The fourth-order valence-electron chi connectivity index (χ4n) is 2.05. The van der Waals surface area contributed by atoms with Crippen molar-refractivity contribution in [3.8, 4) is 12.3 Å². The predicted octanol–water partition coefficient (Wildman–Crippen LogP) is 1.44. The summed E-state index contributed by atoms with van der Waals surface area (Å²) < 4.78 is 0. The Labute approximate surface area is 98.4 Å². The molecule has 1 amide bonds. The van der Waals surface area contributed by atoms with Gasteiger partial charge in [-0.1, -0.05) is 6.42 Å². The number of terminal acetylenes is 1. The van der Waals surface area contributed by atoms with Crippen LogP contribution < -0.4 is 10.6 Å². The van der Waals surface area contributed by atoms with Gasteiger partial charge in [0, 0.05) is 24.9 Å². The number of hydrogen-bond acceptors (Lipinski definition) is 2. The van der Waals surface area contributed by atoms with Crippen LogP contribution in [0, 0.1) is 12.3 Å². The van der Waals surface area contributed by atoms with E-state index in [9.17, 15) is 4.79 Å². The number of hydrogen-bond donors (Lipinski definition) is 2. The standard InChI is InChI=1S/C13H22N2O/c1-3-6-11(2)15-13(16)9-8-12-7-4-5-10-14-12/h1,11-12,14H,4-10H2,2H3,(H,15,16). The Balaban J connectivity index is 2.12. The molecule has 0 bridgehead atoms. The van der Waals surface area contributed by atoms with E-state index in [4.69, 9.17) is 6.42 Å². The largest absolute Gasteiger partial charge is 0.353 e. The number of piperidine rings is 1. The van der Waals surface area contributed by atoms with E-state index in [0.717, 1.165) is 13.0 Å². The minimum absolute atomic E-state index is 0.0943. The summed E-state index contributed by atoms with van der Waals surface area (Å²) in [6, 6.07) is 0.624. The lowest BCUT2D eigenvalue weighted by atomic mass is 10.0. The van der Waals surface area contributed by atoms with E-state index >= 15 is 0 Å². The van der Waals surface area contributed by atoms with Crippen LogP contribution in [0.25, 0.3) is 0 Å². The molecule has 0 aromatic rings. The van der Waals surface area contributed by atoms with Crippen LogP contribution >= 0.6 is 0 Å². The van der Waals surface area contributed by atoms with Crippen LogP contribution in [0.5, 0.6) is 0 Å². The molecular formula is C13H22N2O. The van der Waals surface area contributed by atoms with Crippen LogP contribution in [0.4, 0.5) is 0 Å². The van der Waals surface area contributed by atoms with Crippen molar-refractivity contribution >= 4 is 5.91 Å². The molecule has 3 nitrogen and oxygen atoms in total. The zero-order valence-electron chi connectivity index (χ0n) is 10.1. The third-order valence-corrected chi connectivity index (χ3v) is 2.96. The molecule has 0 spiro atoms. The molecule has 2 unspecified atom stereocenters. The van der Waals surface area contributed by atoms with E-state index in [1.807, 2.05) is 6.92 Å².